The first-order valence-electron chi connectivity index (χ1n) is 2.08. The van der Waals surface area contributed by atoms with E-state index in [1.807, 2.05) is 0 Å². The van der Waals surface area contributed by atoms with Crippen LogP contribution in [0.2, 0.25) is 0 Å². The number of rotatable bonds is 2. The second kappa shape index (κ2) is 2.51. The standard InChI is InChI=1S/CH2O3.Al.H3O4P/c2-1(3)4;;1-5(2,3)4/h(H2,2,3,4);;(H3,1,2,3,4)/q;+3;/p-3. The van der Waals surface area contributed by atoms with Crippen molar-refractivity contribution in [1.29, 1.82) is 0 Å². The Labute approximate surface area is 60.1 Å². The molecule has 1 heterocycles. The molecule has 0 radical (unpaired) electrons. The highest BCUT2D eigenvalue weighted by Gasteiger charge is 2.57. The lowest BCUT2D eigenvalue weighted by molar-refractivity contribution is 0.0540. The Balaban J connectivity index is 2.29. The number of carbonyl (C=O) groups is 1. The average Bonchev–Trinajstić information content (AvgIpc) is 1.57. The van der Waals surface area contributed by atoms with Crippen LogP contribution >= 0.6 is 7.82 Å². The molecule has 2 N–H and O–H groups in total. The summed E-state index contributed by atoms with van der Waals surface area (Å²) >= 11 is -2.80. The van der Waals surface area contributed by atoms with Gasteiger partial charge in [0.05, 0.1) is 0 Å². The highest BCUT2D eigenvalue weighted by Crippen LogP contribution is 2.38. The van der Waals surface area contributed by atoms with Crippen LogP contribution in [0.15, 0.2) is 0 Å². The number of phosphoric acid groups is 1. The molecular weight excluding hydrogens is 182 g/mol. The van der Waals surface area contributed by atoms with Gasteiger partial charge < -0.3 is 20.9 Å². The second-order valence-corrected chi connectivity index (χ2v) is 4.24. The normalized spacial score (nSPS) is 17.4. The number of carbonyl (C=O) groups excluding carboxylic acids is 1. The highest BCUT2D eigenvalue weighted by molar-refractivity contribution is 7.47. The molecule has 10 heavy (non-hydrogen) atoms. The topological polar surface area (TPSA) is 102 Å². The maximum atomic E-state index is 9.98. The molecule has 7 nitrogen and oxygen atoms in total. The fourth-order valence-corrected chi connectivity index (χ4v) is 1.89. The van der Waals surface area contributed by atoms with Crippen molar-refractivity contribution in [3.63, 3.8) is 0 Å². The summed E-state index contributed by atoms with van der Waals surface area (Å²) in [4.78, 5) is 26.0. The van der Waals surface area contributed by atoms with Gasteiger partial charge in [0.2, 0.25) is 0 Å². The molecule has 1 saturated heterocycles. The van der Waals surface area contributed by atoms with E-state index in [4.69, 9.17) is 9.79 Å². The Kier molecular flexibility index (Phi) is 2.01. The Bertz CT molecular complexity index is 186. The van der Waals surface area contributed by atoms with Gasteiger partial charge in [-0.2, -0.15) is 0 Å². The molecule has 0 saturated carbocycles. The molecule has 0 spiro atoms. The smallest absolute Gasteiger partial charge is 0.531 e. The van der Waals surface area contributed by atoms with Gasteiger partial charge in [-0.25, -0.2) is 9.36 Å². The van der Waals surface area contributed by atoms with E-state index in [0.29, 0.717) is 0 Å². The third-order valence-corrected chi connectivity index (χ3v) is 3.17. The van der Waals surface area contributed by atoms with Crippen LogP contribution in [-0.4, -0.2) is 31.1 Å². The van der Waals surface area contributed by atoms with Crippen molar-refractivity contribution in [1.82, 2.24) is 0 Å². The Morgan fingerprint density at radius 1 is 1.50 bits per heavy atom. The van der Waals surface area contributed by atoms with Crippen LogP contribution in [0.3, 0.4) is 0 Å². The van der Waals surface area contributed by atoms with Gasteiger partial charge in [-0.05, 0) is 0 Å². The van der Waals surface area contributed by atoms with E-state index in [1.54, 1.807) is 0 Å². The summed E-state index contributed by atoms with van der Waals surface area (Å²) < 4.78 is 22.0. The third kappa shape index (κ3) is 2.27. The van der Waals surface area contributed by atoms with Crippen LogP contribution in [0.1, 0.15) is 0 Å². The van der Waals surface area contributed by atoms with Crippen LogP contribution in [-0.2, 0) is 15.7 Å². The third-order valence-electron chi connectivity index (χ3n) is 0.608. The number of hydrogen-bond donors (Lipinski definition) is 2. The first-order chi connectivity index (χ1) is 4.47. The molecule has 0 aromatic rings. The summed E-state index contributed by atoms with van der Waals surface area (Å²) in [6.45, 7) is 0. The molecule has 56 valence electrons. The lowest BCUT2D eigenvalue weighted by Crippen LogP contribution is -2.42. The molecule has 1 aliphatic heterocycles. The molecule has 0 bridgehead atoms. The van der Waals surface area contributed by atoms with Gasteiger partial charge >= 0.3 is 29.1 Å². The van der Waals surface area contributed by atoms with Gasteiger partial charge in [0.25, 0.3) is 0 Å². The zero-order valence-electron chi connectivity index (χ0n) is 4.46. The van der Waals surface area contributed by atoms with E-state index in [-0.39, 0.29) is 0 Å². The molecule has 1 fully saturated rings. The van der Waals surface area contributed by atoms with Crippen molar-refractivity contribution >= 4 is 29.1 Å². The largest absolute Gasteiger partial charge is 1.12 e. The molecule has 1 rings (SSSR count). The second-order valence-electron chi connectivity index (χ2n) is 1.37. The van der Waals surface area contributed by atoms with Crippen LogP contribution < -0.4 is 0 Å². The average molecular weight is 184 g/mol. The first kappa shape index (κ1) is 8.01. The molecular formula is CH2AlO7P. The molecule has 0 atom stereocenters. The summed E-state index contributed by atoms with van der Waals surface area (Å²) in [5, 5.41) is 0. The van der Waals surface area contributed by atoms with Crippen LogP contribution in [0.5, 0.6) is 0 Å². The monoisotopic (exact) mass is 184 g/mol. The van der Waals surface area contributed by atoms with Crippen molar-refractivity contribution in [3.05, 3.63) is 0 Å². The molecule has 0 aliphatic carbocycles. The zero-order chi connectivity index (χ0) is 7.78. The zero-order valence-corrected chi connectivity index (χ0v) is 6.51. The van der Waals surface area contributed by atoms with E-state index in [1.165, 1.54) is 0 Å². The quantitative estimate of drug-likeness (QED) is 0.429. The van der Waals surface area contributed by atoms with Crippen molar-refractivity contribution in [2.24, 2.45) is 0 Å². The molecule has 1 aliphatic rings. The van der Waals surface area contributed by atoms with E-state index < -0.39 is 29.1 Å². The maximum absolute atomic E-state index is 9.98. The number of hydrogen-bond acceptors (Lipinski definition) is 5. The van der Waals surface area contributed by atoms with E-state index in [9.17, 15) is 9.36 Å². The van der Waals surface area contributed by atoms with Gasteiger partial charge in [-0.15, -0.1) is 0 Å². The molecule has 0 unspecified atom stereocenters. The molecule has 0 amide bonds. The van der Waals surface area contributed by atoms with E-state index >= 15 is 0 Å². The summed E-state index contributed by atoms with van der Waals surface area (Å²) in [5.74, 6) is 0. The fraction of sp³-hybridized carbons (Fsp3) is 0. The minimum Gasteiger partial charge on any atom is -0.531 e. The highest BCUT2D eigenvalue weighted by atomic mass is 31.2. The summed E-state index contributed by atoms with van der Waals surface area (Å²) in [6, 6.07) is 0. The van der Waals surface area contributed by atoms with Crippen molar-refractivity contribution in [3.8, 4) is 0 Å². The SMILES string of the molecule is O=C1[O][Al]([O]P(=O)(O)O)[O]1. The van der Waals surface area contributed by atoms with Crippen molar-refractivity contribution in [2.45, 2.75) is 0 Å². The van der Waals surface area contributed by atoms with Crippen molar-refractivity contribution < 1.29 is 30.3 Å². The predicted octanol–water partition coefficient (Wildman–Crippen LogP) is -0.753. The predicted molar refractivity (Wildman–Crippen MR) is 26.4 cm³/mol. The van der Waals surface area contributed by atoms with E-state index in [0.717, 1.165) is 0 Å². The molecule has 0 aromatic heterocycles. The van der Waals surface area contributed by atoms with Gasteiger partial charge in [-0.1, -0.05) is 0 Å². The summed E-state index contributed by atoms with van der Waals surface area (Å²) in [5.41, 5.74) is 0. The fourth-order valence-electron chi connectivity index (χ4n) is 0.321. The summed E-state index contributed by atoms with van der Waals surface area (Å²) in [7, 11) is -4.55. The van der Waals surface area contributed by atoms with Crippen LogP contribution in [0, 0.1) is 0 Å². The first-order valence-corrected chi connectivity index (χ1v) is 5.03. The van der Waals surface area contributed by atoms with Gasteiger partial charge in [0.15, 0.2) is 0 Å². The van der Waals surface area contributed by atoms with Gasteiger partial charge in [-0.3, -0.25) is 0 Å². The van der Waals surface area contributed by atoms with Crippen molar-refractivity contribution in [2.75, 3.05) is 0 Å². The molecule has 9 heteroatoms. The lowest BCUT2D eigenvalue weighted by atomic mass is 11.4. The Morgan fingerprint density at radius 3 is 2.30 bits per heavy atom. The maximum Gasteiger partial charge on any atom is 1.12 e. The minimum absolute atomic E-state index is 0.954. The molecule has 0 aromatic carbocycles. The van der Waals surface area contributed by atoms with Crippen LogP contribution in [0.25, 0.3) is 0 Å². The van der Waals surface area contributed by atoms with Gasteiger partial charge in [0.1, 0.15) is 0 Å². The minimum atomic E-state index is -4.55. The Hall–Kier alpha value is -0.0875. The Morgan fingerprint density at radius 2 is 2.00 bits per heavy atom. The summed E-state index contributed by atoms with van der Waals surface area (Å²) in [6.07, 6.45) is -0.954. The van der Waals surface area contributed by atoms with Crippen LogP contribution in [0.4, 0.5) is 4.79 Å². The van der Waals surface area contributed by atoms with Gasteiger partial charge in [0, 0.05) is 0 Å². The van der Waals surface area contributed by atoms with E-state index in [2.05, 4.69) is 11.2 Å². The lowest BCUT2D eigenvalue weighted by Gasteiger charge is -2.20.